The summed E-state index contributed by atoms with van der Waals surface area (Å²) in [7, 11) is 0. The number of rotatable bonds is 7. The summed E-state index contributed by atoms with van der Waals surface area (Å²) in [4.78, 5) is 12.1. The van der Waals surface area contributed by atoms with Crippen LogP contribution in [0.4, 0.5) is 0 Å². The van der Waals surface area contributed by atoms with Gasteiger partial charge in [-0.15, -0.1) is 0 Å². The third kappa shape index (κ3) is 5.00. The van der Waals surface area contributed by atoms with Gasteiger partial charge in [0, 0.05) is 29.1 Å². The molecular formula is C24H27N3O2. The van der Waals surface area contributed by atoms with Crippen molar-refractivity contribution >= 4 is 12.1 Å². The Bertz CT molecular complexity index is 1010. The lowest BCUT2D eigenvalue weighted by Crippen LogP contribution is -2.18. The van der Waals surface area contributed by atoms with Gasteiger partial charge in [-0.1, -0.05) is 48.5 Å². The van der Waals surface area contributed by atoms with E-state index in [1.54, 1.807) is 6.21 Å². The molecule has 1 heterocycles. The average Bonchev–Trinajstić information content (AvgIpc) is 3.00. The highest BCUT2D eigenvalue weighted by atomic mass is 16.3. The molecule has 5 nitrogen and oxygen atoms in total. The molecule has 0 spiro atoms. The average molecular weight is 389 g/mol. The first kappa shape index (κ1) is 20.6. The Morgan fingerprint density at radius 1 is 1.10 bits per heavy atom. The molecule has 0 saturated heterocycles. The molecule has 0 bridgehead atoms. The number of hydrazone groups is 1. The lowest BCUT2D eigenvalue weighted by Gasteiger charge is -2.12. The smallest absolute Gasteiger partial charge is 0.240 e. The highest BCUT2D eigenvalue weighted by Gasteiger charge is 2.12. The van der Waals surface area contributed by atoms with Crippen LogP contribution in [-0.2, 0) is 4.79 Å². The van der Waals surface area contributed by atoms with Crippen molar-refractivity contribution in [2.24, 2.45) is 5.10 Å². The van der Waals surface area contributed by atoms with Crippen LogP contribution in [0.15, 0.2) is 65.8 Å². The van der Waals surface area contributed by atoms with Crippen molar-refractivity contribution in [2.75, 3.05) is 0 Å². The molecular weight excluding hydrogens is 362 g/mol. The zero-order chi connectivity index (χ0) is 20.8. The number of carbonyl (C=O) groups excluding carboxylic acids is 1. The maximum atomic E-state index is 12.1. The largest absolute Gasteiger partial charge is 0.388 e. The predicted molar refractivity (Wildman–Crippen MR) is 116 cm³/mol. The van der Waals surface area contributed by atoms with Gasteiger partial charge in [-0.3, -0.25) is 4.79 Å². The van der Waals surface area contributed by atoms with Crippen LogP contribution < -0.4 is 5.43 Å². The fourth-order valence-electron chi connectivity index (χ4n) is 3.44. The molecule has 0 unspecified atom stereocenters. The summed E-state index contributed by atoms with van der Waals surface area (Å²) in [6, 6.07) is 19.6. The van der Waals surface area contributed by atoms with E-state index in [1.165, 1.54) is 5.56 Å². The molecule has 1 atom stereocenters. The Labute approximate surface area is 171 Å². The molecule has 29 heavy (non-hydrogen) atoms. The van der Waals surface area contributed by atoms with Crippen LogP contribution in [0.25, 0.3) is 5.69 Å². The minimum Gasteiger partial charge on any atom is -0.388 e. The summed E-state index contributed by atoms with van der Waals surface area (Å²) in [5.74, 6) is -0.219. The SMILES string of the molecule is Cc1ccccc1-n1c(C)cc(/C=N\NC(=O)CC[C@@H](O)c2ccccc2)c1C. The van der Waals surface area contributed by atoms with Gasteiger partial charge in [0.25, 0.3) is 0 Å². The number of nitrogens with one attached hydrogen (secondary N) is 1. The molecule has 0 aliphatic rings. The Hall–Kier alpha value is -3.18. The molecule has 3 rings (SSSR count). The minimum atomic E-state index is -0.654. The Balaban J connectivity index is 1.60. The first-order chi connectivity index (χ1) is 14.0. The van der Waals surface area contributed by atoms with Crippen LogP contribution in [0.3, 0.4) is 0 Å². The van der Waals surface area contributed by atoms with Gasteiger partial charge in [0.1, 0.15) is 0 Å². The number of aliphatic hydroxyl groups excluding tert-OH is 1. The highest BCUT2D eigenvalue weighted by Crippen LogP contribution is 2.22. The molecule has 2 aromatic carbocycles. The Morgan fingerprint density at radius 2 is 1.79 bits per heavy atom. The summed E-state index contributed by atoms with van der Waals surface area (Å²) in [5, 5.41) is 14.3. The second-order valence-electron chi connectivity index (χ2n) is 7.21. The van der Waals surface area contributed by atoms with E-state index in [2.05, 4.69) is 47.1 Å². The fraction of sp³-hybridized carbons (Fsp3) is 0.250. The van der Waals surface area contributed by atoms with Gasteiger partial charge < -0.3 is 9.67 Å². The van der Waals surface area contributed by atoms with E-state index in [9.17, 15) is 9.90 Å². The number of nitrogens with zero attached hydrogens (tertiary/aromatic N) is 2. The first-order valence-corrected chi connectivity index (χ1v) is 9.77. The van der Waals surface area contributed by atoms with Gasteiger partial charge in [-0.2, -0.15) is 5.10 Å². The molecule has 0 aliphatic carbocycles. The van der Waals surface area contributed by atoms with E-state index < -0.39 is 6.10 Å². The van der Waals surface area contributed by atoms with E-state index in [0.717, 1.165) is 28.2 Å². The number of para-hydroxylation sites is 1. The molecule has 5 heteroatoms. The molecule has 150 valence electrons. The van der Waals surface area contributed by atoms with Crippen LogP contribution in [0.1, 0.15) is 47.0 Å². The van der Waals surface area contributed by atoms with Crippen LogP contribution in [-0.4, -0.2) is 21.8 Å². The molecule has 1 aromatic heterocycles. The van der Waals surface area contributed by atoms with Crippen molar-refractivity contribution in [3.8, 4) is 5.69 Å². The van der Waals surface area contributed by atoms with Crippen LogP contribution in [0, 0.1) is 20.8 Å². The quantitative estimate of drug-likeness (QED) is 0.466. The maximum Gasteiger partial charge on any atom is 0.240 e. The fourth-order valence-corrected chi connectivity index (χ4v) is 3.44. The summed E-state index contributed by atoms with van der Waals surface area (Å²) >= 11 is 0. The lowest BCUT2D eigenvalue weighted by molar-refractivity contribution is -0.121. The van der Waals surface area contributed by atoms with Crippen LogP contribution in [0.2, 0.25) is 0 Å². The number of aliphatic hydroxyl groups is 1. The third-order valence-corrected chi connectivity index (χ3v) is 5.05. The van der Waals surface area contributed by atoms with Gasteiger partial charge in [0.05, 0.1) is 12.3 Å². The Morgan fingerprint density at radius 3 is 2.52 bits per heavy atom. The molecule has 0 radical (unpaired) electrons. The van der Waals surface area contributed by atoms with E-state index in [0.29, 0.717) is 6.42 Å². The molecule has 0 saturated carbocycles. The zero-order valence-corrected chi connectivity index (χ0v) is 17.1. The van der Waals surface area contributed by atoms with Gasteiger partial charge in [-0.05, 0) is 50.5 Å². The first-order valence-electron chi connectivity index (χ1n) is 9.77. The van der Waals surface area contributed by atoms with Gasteiger partial charge in [0.2, 0.25) is 5.91 Å². The number of aryl methyl sites for hydroxylation is 2. The number of hydrogen-bond donors (Lipinski definition) is 2. The molecule has 0 fully saturated rings. The Kier molecular flexibility index (Phi) is 6.62. The van der Waals surface area contributed by atoms with Crippen LogP contribution in [0.5, 0.6) is 0 Å². The zero-order valence-electron chi connectivity index (χ0n) is 17.1. The van der Waals surface area contributed by atoms with Crippen molar-refractivity contribution < 1.29 is 9.90 Å². The predicted octanol–water partition coefficient (Wildman–Crippen LogP) is 4.37. The molecule has 3 aromatic rings. The summed E-state index contributed by atoms with van der Waals surface area (Å²) in [6.45, 7) is 6.19. The molecule has 1 amide bonds. The van der Waals surface area contributed by atoms with Gasteiger partial charge >= 0.3 is 0 Å². The van der Waals surface area contributed by atoms with Gasteiger partial charge in [-0.25, -0.2) is 5.43 Å². The number of aromatic nitrogens is 1. The van der Waals surface area contributed by atoms with Crippen molar-refractivity contribution in [1.82, 2.24) is 9.99 Å². The minimum absolute atomic E-state index is 0.204. The maximum absolute atomic E-state index is 12.1. The number of amides is 1. The van der Waals surface area contributed by atoms with E-state index in [4.69, 9.17) is 0 Å². The topological polar surface area (TPSA) is 66.6 Å². The number of hydrogen-bond acceptors (Lipinski definition) is 3. The summed E-state index contributed by atoms with van der Waals surface area (Å²) in [5.41, 5.74) is 8.83. The second-order valence-corrected chi connectivity index (χ2v) is 7.21. The molecule has 2 N–H and O–H groups in total. The van der Waals surface area contributed by atoms with Gasteiger partial charge in [0.15, 0.2) is 0 Å². The molecule has 0 aliphatic heterocycles. The lowest BCUT2D eigenvalue weighted by atomic mass is 10.1. The highest BCUT2D eigenvalue weighted by molar-refractivity contribution is 5.84. The summed E-state index contributed by atoms with van der Waals surface area (Å²) < 4.78 is 2.19. The summed E-state index contributed by atoms with van der Waals surface area (Å²) in [6.07, 6.45) is 1.57. The van der Waals surface area contributed by atoms with E-state index in [1.807, 2.05) is 49.4 Å². The number of benzene rings is 2. The van der Waals surface area contributed by atoms with E-state index in [-0.39, 0.29) is 12.3 Å². The van der Waals surface area contributed by atoms with Crippen LogP contribution >= 0.6 is 0 Å². The number of carbonyl (C=O) groups is 1. The standard InChI is InChI=1S/C24H27N3O2/c1-17-9-7-8-12-22(17)27-18(2)15-21(19(27)3)16-25-26-24(29)14-13-23(28)20-10-5-4-6-11-20/h4-12,15-16,23,28H,13-14H2,1-3H3,(H,26,29)/b25-16-/t23-/m1/s1. The van der Waals surface area contributed by atoms with Crippen molar-refractivity contribution in [1.29, 1.82) is 0 Å². The van der Waals surface area contributed by atoms with Crippen molar-refractivity contribution in [2.45, 2.75) is 39.7 Å². The van der Waals surface area contributed by atoms with Crippen molar-refractivity contribution in [3.05, 3.63) is 88.7 Å². The normalized spacial score (nSPS) is 12.3. The van der Waals surface area contributed by atoms with E-state index >= 15 is 0 Å². The monoisotopic (exact) mass is 389 g/mol. The second kappa shape index (κ2) is 9.34. The third-order valence-electron chi connectivity index (χ3n) is 5.05. The van der Waals surface area contributed by atoms with Crippen molar-refractivity contribution in [3.63, 3.8) is 0 Å².